The van der Waals surface area contributed by atoms with Crippen molar-refractivity contribution in [3.8, 4) is 0 Å². The molecule has 0 spiro atoms. The molecule has 2 aromatic rings. The van der Waals surface area contributed by atoms with E-state index in [1.54, 1.807) is 25.9 Å². The van der Waals surface area contributed by atoms with E-state index < -0.39 is 11.9 Å². The molecule has 1 fully saturated rings. The van der Waals surface area contributed by atoms with Crippen molar-refractivity contribution in [1.29, 1.82) is 0 Å². The van der Waals surface area contributed by atoms with Gasteiger partial charge < -0.3 is 19.3 Å². The average molecular weight is 376 g/mol. The van der Waals surface area contributed by atoms with Crippen LogP contribution in [0.3, 0.4) is 0 Å². The summed E-state index contributed by atoms with van der Waals surface area (Å²) in [5.74, 6) is -1.04. The van der Waals surface area contributed by atoms with Gasteiger partial charge >= 0.3 is 5.97 Å². The minimum atomic E-state index is -1.06. The standard InChI is InChI=1S/C18H20N2O5S/c1-10-12(18(23)24)7-11(25-10)9-19(2)17(22)13-8-15(21)20(3)16(13)14-5-4-6-26-14/h4-7,13,16H,8-9H2,1-3H3,(H,23,24). The molecule has 1 aliphatic heterocycles. The first-order valence-corrected chi connectivity index (χ1v) is 9.04. The molecule has 1 saturated heterocycles. The predicted octanol–water partition coefficient (Wildman–Crippen LogP) is 2.53. The number of aryl methyl sites for hydroxylation is 1. The molecule has 0 radical (unpaired) electrons. The van der Waals surface area contributed by atoms with E-state index in [9.17, 15) is 14.4 Å². The first kappa shape index (κ1) is 18.2. The Labute approximate surface area is 154 Å². The van der Waals surface area contributed by atoms with Crippen molar-refractivity contribution in [2.75, 3.05) is 14.1 Å². The molecule has 0 saturated carbocycles. The molecule has 26 heavy (non-hydrogen) atoms. The highest BCUT2D eigenvalue weighted by Gasteiger charge is 2.44. The molecule has 0 aliphatic carbocycles. The van der Waals surface area contributed by atoms with Gasteiger partial charge in [0.25, 0.3) is 0 Å². The SMILES string of the molecule is Cc1oc(CN(C)C(=O)C2CC(=O)N(C)C2c2cccs2)cc1C(=O)O. The number of likely N-dealkylation sites (tertiary alicyclic amines) is 1. The van der Waals surface area contributed by atoms with E-state index >= 15 is 0 Å². The molecule has 2 atom stereocenters. The van der Waals surface area contributed by atoms with Gasteiger partial charge in [-0.2, -0.15) is 0 Å². The summed E-state index contributed by atoms with van der Waals surface area (Å²) >= 11 is 1.52. The maximum absolute atomic E-state index is 13.0. The van der Waals surface area contributed by atoms with Gasteiger partial charge in [0.1, 0.15) is 17.1 Å². The predicted molar refractivity (Wildman–Crippen MR) is 94.8 cm³/mol. The molecule has 7 nitrogen and oxygen atoms in total. The van der Waals surface area contributed by atoms with Crippen LogP contribution in [0.4, 0.5) is 0 Å². The van der Waals surface area contributed by atoms with Crippen LogP contribution in [-0.4, -0.2) is 46.8 Å². The molecule has 2 amide bonds. The second-order valence-corrected chi connectivity index (χ2v) is 7.44. The van der Waals surface area contributed by atoms with Gasteiger partial charge in [0.05, 0.1) is 18.5 Å². The Balaban J connectivity index is 1.78. The van der Waals surface area contributed by atoms with Gasteiger partial charge in [-0.05, 0) is 24.4 Å². The third kappa shape index (κ3) is 3.24. The van der Waals surface area contributed by atoms with E-state index in [1.807, 2.05) is 17.5 Å². The van der Waals surface area contributed by atoms with Crippen LogP contribution in [-0.2, 0) is 16.1 Å². The van der Waals surface area contributed by atoms with E-state index in [0.29, 0.717) is 11.5 Å². The van der Waals surface area contributed by atoms with Crippen LogP contribution < -0.4 is 0 Å². The summed E-state index contributed by atoms with van der Waals surface area (Å²) in [6.07, 6.45) is 0.166. The molecule has 2 aromatic heterocycles. The lowest BCUT2D eigenvalue weighted by molar-refractivity contribution is -0.136. The maximum Gasteiger partial charge on any atom is 0.339 e. The van der Waals surface area contributed by atoms with E-state index in [-0.39, 0.29) is 36.4 Å². The quantitative estimate of drug-likeness (QED) is 0.866. The van der Waals surface area contributed by atoms with Crippen LogP contribution in [0.1, 0.15) is 39.2 Å². The monoisotopic (exact) mass is 376 g/mol. The van der Waals surface area contributed by atoms with Crippen LogP contribution in [0.15, 0.2) is 28.0 Å². The van der Waals surface area contributed by atoms with Crippen molar-refractivity contribution >= 4 is 29.1 Å². The van der Waals surface area contributed by atoms with Crippen molar-refractivity contribution in [3.63, 3.8) is 0 Å². The maximum atomic E-state index is 13.0. The van der Waals surface area contributed by atoms with E-state index in [1.165, 1.54) is 22.3 Å². The molecule has 3 rings (SSSR count). The highest BCUT2D eigenvalue weighted by Crippen LogP contribution is 2.40. The number of aromatic carboxylic acids is 1. The second kappa shape index (κ2) is 6.95. The number of carboxylic acids is 1. The van der Waals surface area contributed by atoms with Gasteiger partial charge in [-0.3, -0.25) is 9.59 Å². The number of carbonyl (C=O) groups is 3. The van der Waals surface area contributed by atoms with Crippen LogP contribution in [0.25, 0.3) is 0 Å². The minimum Gasteiger partial charge on any atom is -0.478 e. The number of amides is 2. The molecule has 8 heteroatoms. The zero-order valence-electron chi connectivity index (χ0n) is 14.8. The Kier molecular flexibility index (Phi) is 4.86. The molecule has 0 aromatic carbocycles. The summed E-state index contributed by atoms with van der Waals surface area (Å²) in [5.41, 5.74) is 0.0908. The fourth-order valence-corrected chi connectivity index (χ4v) is 4.30. The van der Waals surface area contributed by atoms with Crippen molar-refractivity contribution in [2.24, 2.45) is 5.92 Å². The normalized spacial score (nSPS) is 19.8. The van der Waals surface area contributed by atoms with Crippen LogP contribution in [0.2, 0.25) is 0 Å². The largest absolute Gasteiger partial charge is 0.478 e. The molecular formula is C18H20N2O5S. The van der Waals surface area contributed by atoms with Gasteiger partial charge in [-0.1, -0.05) is 6.07 Å². The molecule has 3 heterocycles. The van der Waals surface area contributed by atoms with Crippen LogP contribution in [0, 0.1) is 12.8 Å². The third-order valence-corrected chi connectivity index (χ3v) is 5.65. The number of furan rings is 1. The Hall–Kier alpha value is -2.61. The van der Waals surface area contributed by atoms with Gasteiger partial charge in [0, 0.05) is 25.4 Å². The highest BCUT2D eigenvalue weighted by atomic mass is 32.1. The first-order valence-electron chi connectivity index (χ1n) is 8.16. The summed E-state index contributed by atoms with van der Waals surface area (Å²) < 4.78 is 5.45. The third-order valence-electron chi connectivity index (χ3n) is 4.71. The molecule has 138 valence electrons. The Morgan fingerprint density at radius 3 is 2.77 bits per heavy atom. The van der Waals surface area contributed by atoms with Crippen molar-refractivity contribution in [3.05, 3.63) is 45.5 Å². The lowest BCUT2D eigenvalue weighted by Crippen LogP contribution is -2.35. The number of carbonyl (C=O) groups excluding carboxylic acids is 2. The van der Waals surface area contributed by atoms with Crippen molar-refractivity contribution in [2.45, 2.75) is 25.9 Å². The summed E-state index contributed by atoms with van der Waals surface area (Å²) in [6.45, 7) is 1.73. The van der Waals surface area contributed by atoms with E-state index in [2.05, 4.69) is 0 Å². The highest BCUT2D eigenvalue weighted by molar-refractivity contribution is 7.10. The van der Waals surface area contributed by atoms with Crippen LogP contribution >= 0.6 is 11.3 Å². The summed E-state index contributed by atoms with van der Waals surface area (Å²) in [5, 5.41) is 11.0. The van der Waals surface area contributed by atoms with E-state index in [0.717, 1.165) is 4.88 Å². The minimum absolute atomic E-state index is 0.0582. The van der Waals surface area contributed by atoms with Gasteiger partial charge in [-0.25, -0.2) is 4.79 Å². The van der Waals surface area contributed by atoms with Crippen molar-refractivity contribution in [1.82, 2.24) is 9.80 Å². The fourth-order valence-electron chi connectivity index (χ4n) is 3.37. The second-order valence-electron chi connectivity index (χ2n) is 6.46. The Bertz CT molecular complexity index is 842. The smallest absolute Gasteiger partial charge is 0.339 e. The number of rotatable bonds is 5. The van der Waals surface area contributed by atoms with Crippen LogP contribution in [0.5, 0.6) is 0 Å². The number of carboxylic acid groups (broad SMARTS) is 1. The lowest BCUT2D eigenvalue weighted by Gasteiger charge is -2.26. The Morgan fingerprint density at radius 1 is 1.46 bits per heavy atom. The summed E-state index contributed by atoms with van der Waals surface area (Å²) in [4.78, 5) is 40.4. The summed E-state index contributed by atoms with van der Waals surface area (Å²) in [7, 11) is 3.35. The fraction of sp³-hybridized carbons (Fsp3) is 0.389. The molecule has 2 unspecified atom stereocenters. The Morgan fingerprint density at radius 2 is 2.19 bits per heavy atom. The molecule has 0 bridgehead atoms. The van der Waals surface area contributed by atoms with Gasteiger partial charge in [0.15, 0.2) is 0 Å². The van der Waals surface area contributed by atoms with E-state index in [4.69, 9.17) is 9.52 Å². The van der Waals surface area contributed by atoms with Crippen molar-refractivity contribution < 1.29 is 23.9 Å². The topological polar surface area (TPSA) is 91.1 Å². The lowest BCUT2D eigenvalue weighted by atomic mass is 9.97. The molecular weight excluding hydrogens is 356 g/mol. The number of nitrogens with zero attached hydrogens (tertiary/aromatic N) is 2. The number of hydrogen-bond donors (Lipinski definition) is 1. The van der Waals surface area contributed by atoms with Gasteiger partial charge in [-0.15, -0.1) is 11.3 Å². The zero-order chi connectivity index (χ0) is 19.0. The molecule has 1 N–H and O–H groups in total. The zero-order valence-corrected chi connectivity index (χ0v) is 15.6. The van der Waals surface area contributed by atoms with Gasteiger partial charge in [0.2, 0.25) is 11.8 Å². The number of thiophene rings is 1. The summed E-state index contributed by atoms with van der Waals surface area (Å²) in [6, 6.07) is 5.00. The first-order chi connectivity index (χ1) is 12.3. The molecule has 1 aliphatic rings. The average Bonchev–Trinajstić information content (AvgIpc) is 3.28. The number of hydrogen-bond acceptors (Lipinski definition) is 5.